The van der Waals surface area contributed by atoms with Gasteiger partial charge < -0.3 is 9.88 Å². The van der Waals surface area contributed by atoms with Crippen LogP contribution >= 0.6 is 0 Å². The topological polar surface area (TPSA) is 46.9 Å². The first-order chi connectivity index (χ1) is 11.8. The first kappa shape index (κ1) is 16.0. The van der Waals surface area contributed by atoms with Crippen LogP contribution in [0.5, 0.6) is 0 Å². The molecule has 4 heteroatoms. The van der Waals surface area contributed by atoms with Crippen molar-refractivity contribution in [3.05, 3.63) is 78.6 Å². The summed E-state index contributed by atoms with van der Waals surface area (Å²) in [6, 6.07) is 18.6. The van der Waals surface area contributed by atoms with Crippen LogP contribution in [0.4, 0.5) is 0 Å². The van der Waals surface area contributed by atoms with E-state index < -0.39 is 0 Å². The van der Waals surface area contributed by atoms with Crippen LogP contribution in [0.25, 0.3) is 11.0 Å². The number of carbonyl (C=O) groups is 1. The summed E-state index contributed by atoms with van der Waals surface area (Å²) >= 11 is 0. The number of amides is 1. The zero-order valence-corrected chi connectivity index (χ0v) is 13.6. The Labute approximate surface area is 141 Å². The first-order valence-corrected chi connectivity index (χ1v) is 8.16. The van der Waals surface area contributed by atoms with Crippen LogP contribution < -0.4 is 5.32 Å². The van der Waals surface area contributed by atoms with Crippen molar-refractivity contribution in [1.82, 2.24) is 14.9 Å². The van der Waals surface area contributed by atoms with Gasteiger partial charge in [0, 0.05) is 19.5 Å². The molecule has 1 amide bonds. The van der Waals surface area contributed by atoms with Gasteiger partial charge in [-0.15, -0.1) is 0 Å². The molecule has 3 aromatic rings. The molecule has 0 saturated carbocycles. The van der Waals surface area contributed by atoms with Crippen LogP contribution in [-0.2, 0) is 17.8 Å². The van der Waals surface area contributed by atoms with Gasteiger partial charge in [0.15, 0.2) is 0 Å². The molecule has 0 fully saturated rings. The predicted molar refractivity (Wildman–Crippen MR) is 96.8 cm³/mol. The highest BCUT2D eigenvalue weighted by Gasteiger charge is 2.10. The van der Waals surface area contributed by atoms with Gasteiger partial charge >= 0.3 is 0 Å². The van der Waals surface area contributed by atoms with E-state index in [1.807, 2.05) is 24.3 Å². The molecular weight excluding hydrogens is 298 g/mol. The highest BCUT2D eigenvalue weighted by atomic mass is 16.1. The van der Waals surface area contributed by atoms with Crippen LogP contribution in [0.3, 0.4) is 0 Å². The summed E-state index contributed by atoms with van der Waals surface area (Å²) in [6.07, 6.45) is 2.96. The van der Waals surface area contributed by atoms with Gasteiger partial charge in [-0.25, -0.2) is 4.98 Å². The summed E-state index contributed by atoms with van der Waals surface area (Å²) in [7, 11) is 0. The Morgan fingerprint density at radius 1 is 1.12 bits per heavy atom. The second kappa shape index (κ2) is 7.59. The van der Waals surface area contributed by atoms with E-state index in [1.54, 1.807) is 0 Å². The third-order valence-corrected chi connectivity index (χ3v) is 3.98. The molecule has 3 rings (SSSR count). The van der Waals surface area contributed by atoms with Crippen molar-refractivity contribution >= 4 is 16.9 Å². The number of aryl methyl sites for hydroxylation is 1. The Bertz CT molecular complexity index is 836. The lowest BCUT2D eigenvalue weighted by atomic mass is 10.2. The number of benzene rings is 2. The van der Waals surface area contributed by atoms with Crippen LogP contribution in [0.15, 0.2) is 67.3 Å². The van der Waals surface area contributed by atoms with Crippen molar-refractivity contribution in [1.29, 1.82) is 0 Å². The zero-order valence-electron chi connectivity index (χ0n) is 13.6. The molecule has 0 aliphatic carbocycles. The van der Waals surface area contributed by atoms with Gasteiger partial charge in [-0.2, -0.15) is 0 Å². The number of nitrogens with zero attached hydrogens (tertiary/aromatic N) is 2. The number of fused-ring (bicyclic) bond motifs is 1. The van der Waals surface area contributed by atoms with Gasteiger partial charge in [0.05, 0.1) is 11.0 Å². The number of hydrogen-bond acceptors (Lipinski definition) is 2. The Kier molecular flexibility index (Phi) is 5.06. The molecule has 0 saturated heterocycles. The summed E-state index contributed by atoms with van der Waals surface area (Å²) in [6.45, 7) is 4.88. The Morgan fingerprint density at radius 2 is 1.88 bits per heavy atom. The first-order valence-electron chi connectivity index (χ1n) is 8.16. The average Bonchev–Trinajstić information content (AvgIpc) is 2.97. The van der Waals surface area contributed by atoms with Gasteiger partial charge in [-0.05, 0) is 30.2 Å². The third-order valence-electron chi connectivity index (χ3n) is 3.98. The Balaban J connectivity index is 1.80. The SMILES string of the molecule is C=CC(=O)NCCCc1nc2ccccc2n1Cc1ccccc1. The maximum atomic E-state index is 11.2. The fourth-order valence-corrected chi connectivity index (χ4v) is 2.79. The van der Waals surface area contributed by atoms with Crippen molar-refractivity contribution in [2.45, 2.75) is 19.4 Å². The van der Waals surface area contributed by atoms with Gasteiger partial charge in [0.1, 0.15) is 5.82 Å². The van der Waals surface area contributed by atoms with Gasteiger partial charge in [0.25, 0.3) is 0 Å². The van der Waals surface area contributed by atoms with Crippen LogP contribution in [0, 0.1) is 0 Å². The second-order valence-corrected chi connectivity index (χ2v) is 5.69. The summed E-state index contributed by atoms with van der Waals surface area (Å²) in [4.78, 5) is 16.0. The number of para-hydroxylation sites is 2. The zero-order chi connectivity index (χ0) is 16.8. The smallest absolute Gasteiger partial charge is 0.243 e. The van der Waals surface area contributed by atoms with Crippen molar-refractivity contribution < 1.29 is 4.79 Å². The molecule has 0 unspecified atom stereocenters. The average molecular weight is 319 g/mol. The van der Waals surface area contributed by atoms with E-state index >= 15 is 0 Å². The van der Waals surface area contributed by atoms with Crippen molar-refractivity contribution in [2.24, 2.45) is 0 Å². The molecule has 0 atom stereocenters. The Morgan fingerprint density at radius 3 is 2.67 bits per heavy atom. The fourth-order valence-electron chi connectivity index (χ4n) is 2.79. The normalized spacial score (nSPS) is 10.7. The van der Waals surface area contributed by atoms with E-state index in [0.717, 1.165) is 36.2 Å². The summed E-state index contributed by atoms with van der Waals surface area (Å²) in [5.41, 5.74) is 3.41. The van der Waals surface area contributed by atoms with E-state index in [9.17, 15) is 4.79 Å². The highest BCUT2D eigenvalue weighted by molar-refractivity contribution is 5.86. The van der Waals surface area contributed by atoms with E-state index in [4.69, 9.17) is 4.98 Å². The molecule has 122 valence electrons. The molecule has 1 heterocycles. The molecule has 0 spiro atoms. The standard InChI is InChI=1S/C20H21N3O/c1-2-20(24)21-14-8-13-19-22-17-11-6-7-12-18(17)23(19)15-16-9-4-3-5-10-16/h2-7,9-12H,1,8,13-15H2,(H,21,24). The molecule has 0 aliphatic rings. The predicted octanol–water partition coefficient (Wildman–Crippen LogP) is 3.32. The van der Waals surface area contributed by atoms with E-state index in [-0.39, 0.29) is 5.91 Å². The molecule has 24 heavy (non-hydrogen) atoms. The number of aromatic nitrogens is 2. The number of imidazole rings is 1. The minimum atomic E-state index is -0.132. The summed E-state index contributed by atoms with van der Waals surface area (Å²) in [5.74, 6) is 0.917. The molecular formula is C20H21N3O. The van der Waals surface area contributed by atoms with E-state index in [1.165, 1.54) is 11.6 Å². The quantitative estimate of drug-likeness (QED) is 0.536. The fraction of sp³-hybridized carbons (Fsp3) is 0.200. The minimum absolute atomic E-state index is 0.132. The molecule has 1 aromatic heterocycles. The number of nitrogens with one attached hydrogen (secondary N) is 1. The molecule has 4 nitrogen and oxygen atoms in total. The van der Waals surface area contributed by atoms with Crippen LogP contribution in [-0.4, -0.2) is 22.0 Å². The van der Waals surface area contributed by atoms with Crippen molar-refractivity contribution in [2.75, 3.05) is 6.54 Å². The van der Waals surface area contributed by atoms with Crippen LogP contribution in [0.2, 0.25) is 0 Å². The third kappa shape index (κ3) is 3.71. The van der Waals surface area contributed by atoms with Gasteiger partial charge in [0.2, 0.25) is 5.91 Å². The largest absolute Gasteiger partial charge is 0.353 e. The van der Waals surface area contributed by atoms with E-state index in [0.29, 0.717) is 6.54 Å². The van der Waals surface area contributed by atoms with Crippen molar-refractivity contribution in [3.63, 3.8) is 0 Å². The highest BCUT2D eigenvalue weighted by Crippen LogP contribution is 2.19. The maximum absolute atomic E-state index is 11.2. The number of carbonyl (C=O) groups excluding carboxylic acids is 1. The number of rotatable bonds is 7. The second-order valence-electron chi connectivity index (χ2n) is 5.69. The lowest BCUT2D eigenvalue weighted by Crippen LogP contribution is -2.22. The lowest BCUT2D eigenvalue weighted by molar-refractivity contribution is -0.116. The van der Waals surface area contributed by atoms with E-state index in [2.05, 4.69) is 46.8 Å². The van der Waals surface area contributed by atoms with Crippen molar-refractivity contribution in [3.8, 4) is 0 Å². The monoisotopic (exact) mass is 319 g/mol. The summed E-state index contributed by atoms with van der Waals surface area (Å²) in [5, 5.41) is 2.81. The Hall–Kier alpha value is -2.88. The molecule has 0 aliphatic heterocycles. The van der Waals surface area contributed by atoms with Crippen LogP contribution in [0.1, 0.15) is 17.8 Å². The lowest BCUT2D eigenvalue weighted by Gasteiger charge is -2.10. The molecule has 0 radical (unpaired) electrons. The molecule has 1 N–H and O–H groups in total. The summed E-state index contributed by atoms with van der Waals surface area (Å²) < 4.78 is 2.26. The minimum Gasteiger partial charge on any atom is -0.353 e. The number of hydrogen-bond donors (Lipinski definition) is 1. The van der Waals surface area contributed by atoms with Gasteiger partial charge in [-0.3, -0.25) is 4.79 Å². The molecule has 2 aromatic carbocycles. The maximum Gasteiger partial charge on any atom is 0.243 e. The molecule has 0 bridgehead atoms. The van der Waals surface area contributed by atoms with Gasteiger partial charge in [-0.1, -0.05) is 49.0 Å².